The Labute approximate surface area is 147 Å². The van der Waals surface area contributed by atoms with Gasteiger partial charge < -0.3 is 15.0 Å². The monoisotopic (exact) mass is 347 g/mol. The van der Waals surface area contributed by atoms with E-state index < -0.39 is 17.7 Å². The van der Waals surface area contributed by atoms with Crippen molar-refractivity contribution in [1.82, 2.24) is 15.2 Å². The number of Topliss-reactive ketones (excluding diaryl/α,β-unsaturated/α-hetero) is 1. The first-order chi connectivity index (χ1) is 11.7. The number of carbonyl (C=O) groups excluding carboxylic acids is 3. The molecular weight excluding hydrogens is 322 g/mol. The number of alkyl carbamates (subject to hydrolysis) is 1. The van der Waals surface area contributed by atoms with Gasteiger partial charge in [0.25, 0.3) is 0 Å². The molecule has 1 aromatic heterocycles. The van der Waals surface area contributed by atoms with Crippen molar-refractivity contribution in [2.24, 2.45) is 0 Å². The Morgan fingerprint density at radius 3 is 2.76 bits per heavy atom. The predicted octanol–water partition coefficient (Wildman–Crippen LogP) is 2.09. The maximum Gasteiger partial charge on any atom is 0.407 e. The molecule has 2 rings (SSSR count). The zero-order valence-corrected chi connectivity index (χ0v) is 15.2. The number of aromatic nitrogens is 1. The van der Waals surface area contributed by atoms with Gasteiger partial charge in [0.15, 0.2) is 0 Å². The number of amides is 2. The fourth-order valence-electron chi connectivity index (χ4n) is 2.78. The van der Waals surface area contributed by atoms with E-state index in [1.54, 1.807) is 33.0 Å². The summed E-state index contributed by atoms with van der Waals surface area (Å²) in [5.41, 5.74) is 0.605. The highest BCUT2D eigenvalue weighted by Crippen LogP contribution is 2.22. The third kappa shape index (κ3) is 5.01. The number of aryl methyl sites for hydroxylation is 1. The summed E-state index contributed by atoms with van der Waals surface area (Å²) < 4.78 is 5.16. The van der Waals surface area contributed by atoms with Crippen molar-refractivity contribution in [3.05, 3.63) is 29.6 Å². The first-order valence-corrected chi connectivity index (χ1v) is 8.41. The first kappa shape index (κ1) is 18.9. The number of ether oxygens (including phenoxy) is 1. The van der Waals surface area contributed by atoms with Crippen LogP contribution in [0.5, 0.6) is 0 Å². The van der Waals surface area contributed by atoms with Crippen LogP contribution in [0.2, 0.25) is 0 Å². The molecule has 2 heterocycles. The van der Waals surface area contributed by atoms with Crippen molar-refractivity contribution < 1.29 is 19.1 Å². The summed E-state index contributed by atoms with van der Waals surface area (Å²) in [6.07, 6.45) is 1.84. The predicted molar refractivity (Wildman–Crippen MR) is 92.3 cm³/mol. The number of likely N-dealkylation sites (tertiary alicyclic amines) is 1. The maximum atomic E-state index is 12.7. The lowest BCUT2D eigenvalue weighted by atomic mass is 10.0. The molecule has 1 fully saturated rings. The van der Waals surface area contributed by atoms with Crippen molar-refractivity contribution in [1.29, 1.82) is 0 Å². The number of hydrogen-bond acceptors (Lipinski definition) is 5. The molecule has 1 aromatic rings. The molecule has 1 N–H and O–H groups in total. The first-order valence-electron chi connectivity index (χ1n) is 8.41. The molecule has 1 aliphatic heterocycles. The van der Waals surface area contributed by atoms with Gasteiger partial charge in [-0.05, 0) is 45.7 Å². The Morgan fingerprint density at radius 1 is 1.40 bits per heavy atom. The quantitative estimate of drug-likeness (QED) is 0.824. The number of ketones is 1. The Kier molecular flexibility index (Phi) is 5.77. The molecule has 0 aliphatic carbocycles. The fraction of sp³-hybridized carbons (Fsp3) is 0.556. The molecule has 1 atom stereocenters. The van der Waals surface area contributed by atoms with Gasteiger partial charge >= 0.3 is 6.09 Å². The van der Waals surface area contributed by atoms with Gasteiger partial charge in [0.2, 0.25) is 11.7 Å². The molecule has 7 heteroatoms. The normalized spacial score (nSPS) is 17.5. The lowest BCUT2D eigenvalue weighted by molar-refractivity contribution is -0.128. The van der Waals surface area contributed by atoms with E-state index in [2.05, 4.69) is 10.3 Å². The minimum Gasteiger partial charge on any atom is -0.444 e. The second-order valence-corrected chi connectivity index (χ2v) is 7.10. The van der Waals surface area contributed by atoms with E-state index in [1.807, 2.05) is 13.0 Å². The van der Waals surface area contributed by atoms with Crippen LogP contribution >= 0.6 is 0 Å². The van der Waals surface area contributed by atoms with Crippen molar-refractivity contribution >= 4 is 17.8 Å². The van der Waals surface area contributed by atoms with Gasteiger partial charge in [0, 0.05) is 25.7 Å². The average molecular weight is 347 g/mol. The van der Waals surface area contributed by atoms with Crippen LogP contribution in [0.1, 0.15) is 49.7 Å². The molecule has 0 radical (unpaired) electrons. The van der Waals surface area contributed by atoms with Crippen LogP contribution in [-0.4, -0.2) is 52.4 Å². The van der Waals surface area contributed by atoms with Gasteiger partial charge in [0.1, 0.15) is 11.3 Å². The minimum absolute atomic E-state index is 0.0853. The molecular formula is C18H25N3O4. The minimum atomic E-state index is -0.581. The van der Waals surface area contributed by atoms with E-state index in [1.165, 1.54) is 4.90 Å². The molecule has 2 amide bonds. The standard InChI is InChI=1S/C18H25N3O4/c1-12-6-5-9-19-15(12)16(23)13-7-8-14(22)21(13)11-10-20-17(24)25-18(2,3)4/h5-6,9,13H,7-8,10-11H2,1-4H3,(H,20,24)/t13-/m0/s1. The number of nitrogens with one attached hydrogen (secondary N) is 1. The summed E-state index contributed by atoms with van der Waals surface area (Å²) in [5, 5.41) is 2.62. The van der Waals surface area contributed by atoms with Crippen LogP contribution in [0.25, 0.3) is 0 Å². The summed E-state index contributed by atoms with van der Waals surface area (Å²) in [4.78, 5) is 42.2. The van der Waals surface area contributed by atoms with Crippen molar-refractivity contribution in [3.63, 3.8) is 0 Å². The third-order valence-electron chi connectivity index (χ3n) is 3.89. The van der Waals surface area contributed by atoms with Crippen molar-refractivity contribution in [2.45, 2.75) is 52.2 Å². The lowest BCUT2D eigenvalue weighted by Crippen LogP contribution is -2.44. The van der Waals surface area contributed by atoms with E-state index in [4.69, 9.17) is 4.74 Å². The highest BCUT2D eigenvalue weighted by molar-refractivity contribution is 6.02. The van der Waals surface area contributed by atoms with E-state index in [-0.39, 0.29) is 24.8 Å². The smallest absolute Gasteiger partial charge is 0.407 e. The molecule has 1 aliphatic rings. The molecule has 0 unspecified atom stereocenters. The third-order valence-corrected chi connectivity index (χ3v) is 3.89. The van der Waals surface area contributed by atoms with Crippen LogP contribution in [0.3, 0.4) is 0 Å². The summed E-state index contributed by atoms with van der Waals surface area (Å²) in [7, 11) is 0. The average Bonchev–Trinajstić information content (AvgIpc) is 2.86. The van der Waals surface area contributed by atoms with E-state index in [9.17, 15) is 14.4 Å². The number of nitrogens with zero attached hydrogens (tertiary/aromatic N) is 2. The number of rotatable bonds is 5. The molecule has 1 saturated heterocycles. The summed E-state index contributed by atoms with van der Waals surface area (Å²) >= 11 is 0. The van der Waals surface area contributed by atoms with Crippen LogP contribution < -0.4 is 5.32 Å². The SMILES string of the molecule is Cc1cccnc1C(=O)[C@@H]1CCC(=O)N1CCNC(=O)OC(C)(C)C. The fourth-order valence-corrected chi connectivity index (χ4v) is 2.78. The lowest BCUT2D eigenvalue weighted by Gasteiger charge is -2.25. The molecule has 136 valence electrons. The van der Waals surface area contributed by atoms with Crippen LogP contribution in [-0.2, 0) is 9.53 Å². The molecule has 0 bridgehead atoms. The van der Waals surface area contributed by atoms with E-state index in [0.717, 1.165) is 5.56 Å². The Bertz CT molecular complexity index is 667. The second kappa shape index (κ2) is 7.63. The van der Waals surface area contributed by atoms with Gasteiger partial charge in [0.05, 0.1) is 6.04 Å². The topological polar surface area (TPSA) is 88.6 Å². The Morgan fingerprint density at radius 2 is 2.12 bits per heavy atom. The summed E-state index contributed by atoms with van der Waals surface area (Å²) in [6, 6.07) is 3.07. The van der Waals surface area contributed by atoms with Crippen LogP contribution in [0, 0.1) is 6.92 Å². The van der Waals surface area contributed by atoms with Gasteiger partial charge in [-0.3, -0.25) is 14.6 Å². The van der Waals surface area contributed by atoms with Crippen molar-refractivity contribution in [2.75, 3.05) is 13.1 Å². The highest BCUT2D eigenvalue weighted by atomic mass is 16.6. The molecule has 0 aromatic carbocycles. The Balaban J connectivity index is 1.97. The Hall–Kier alpha value is -2.44. The van der Waals surface area contributed by atoms with Gasteiger partial charge in [-0.1, -0.05) is 6.07 Å². The van der Waals surface area contributed by atoms with Gasteiger partial charge in [-0.15, -0.1) is 0 Å². The van der Waals surface area contributed by atoms with Crippen LogP contribution in [0.15, 0.2) is 18.3 Å². The maximum absolute atomic E-state index is 12.7. The van der Waals surface area contributed by atoms with E-state index >= 15 is 0 Å². The highest BCUT2D eigenvalue weighted by Gasteiger charge is 2.37. The zero-order chi connectivity index (χ0) is 18.6. The number of hydrogen-bond donors (Lipinski definition) is 1. The molecule has 7 nitrogen and oxygen atoms in total. The number of pyridine rings is 1. The van der Waals surface area contributed by atoms with E-state index in [0.29, 0.717) is 18.5 Å². The molecule has 0 saturated carbocycles. The molecule has 25 heavy (non-hydrogen) atoms. The van der Waals surface area contributed by atoms with Crippen LogP contribution in [0.4, 0.5) is 4.79 Å². The van der Waals surface area contributed by atoms with Gasteiger partial charge in [-0.2, -0.15) is 0 Å². The van der Waals surface area contributed by atoms with Gasteiger partial charge in [-0.25, -0.2) is 4.79 Å². The largest absolute Gasteiger partial charge is 0.444 e. The van der Waals surface area contributed by atoms with Crippen molar-refractivity contribution in [3.8, 4) is 0 Å². The number of carbonyl (C=O) groups is 3. The second-order valence-electron chi connectivity index (χ2n) is 7.10. The summed E-state index contributed by atoms with van der Waals surface area (Å²) in [6.45, 7) is 7.65. The zero-order valence-electron chi connectivity index (χ0n) is 15.2. The molecule has 0 spiro atoms. The summed E-state index contributed by atoms with van der Waals surface area (Å²) in [5.74, 6) is -0.237.